The second-order valence-corrected chi connectivity index (χ2v) is 6.82. The molecule has 0 spiro atoms. The third kappa shape index (κ3) is 1.91. The van der Waals surface area contributed by atoms with Gasteiger partial charge in [-0.1, -0.05) is 0 Å². The van der Waals surface area contributed by atoms with E-state index in [-0.39, 0.29) is 18.3 Å². The first-order valence-electron chi connectivity index (χ1n) is 6.28. The fraction of sp³-hybridized carbons (Fsp3) is 0.750. The predicted molar refractivity (Wildman–Crippen MR) is 71.4 cm³/mol. The lowest BCUT2D eigenvalue weighted by Gasteiger charge is -2.32. The summed E-state index contributed by atoms with van der Waals surface area (Å²) in [6.45, 7) is 9.80. The molecule has 0 radical (unpaired) electrons. The summed E-state index contributed by atoms with van der Waals surface area (Å²) in [5.74, 6) is 0.464. The second-order valence-electron chi connectivity index (χ2n) is 5.93. The fourth-order valence-electron chi connectivity index (χ4n) is 1.94. The van der Waals surface area contributed by atoms with Crippen molar-refractivity contribution in [2.75, 3.05) is 13.2 Å². The van der Waals surface area contributed by atoms with E-state index in [9.17, 15) is 0 Å². The lowest BCUT2D eigenvalue weighted by molar-refractivity contribution is 0.00578. The van der Waals surface area contributed by atoms with E-state index >= 15 is 0 Å². The summed E-state index contributed by atoms with van der Waals surface area (Å²) in [6.07, 6.45) is 0. The molecule has 3 rings (SSSR count). The van der Waals surface area contributed by atoms with Gasteiger partial charge in [0.25, 0.3) is 0 Å². The Morgan fingerprint density at radius 3 is 2.33 bits per heavy atom. The van der Waals surface area contributed by atoms with Crippen LogP contribution in [-0.4, -0.2) is 36.5 Å². The third-order valence-electron chi connectivity index (χ3n) is 4.02. The van der Waals surface area contributed by atoms with Crippen LogP contribution in [0.5, 0.6) is 0 Å². The molecule has 0 atom stereocenters. The van der Waals surface area contributed by atoms with Gasteiger partial charge in [-0.3, -0.25) is 0 Å². The number of hydrogen-bond acceptors (Lipinski definition) is 5. The van der Waals surface area contributed by atoms with Crippen LogP contribution in [0.25, 0.3) is 0 Å². The summed E-state index contributed by atoms with van der Waals surface area (Å²) < 4.78 is 17.2. The Labute approximate surface area is 112 Å². The molecule has 1 aromatic heterocycles. The summed E-state index contributed by atoms with van der Waals surface area (Å²) in [6, 6.07) is 0. The van der Waals surface area contributed by atoms with Crippen molar-refractivity contribution in [1.29, 1.82) is 0 Å². The monoisotopic (exact) mass is 267 g/mol. The van der Waals surface area contributed by atoms with Crippen molar-refractivity contribution < 1.29 is 14.0 Å². The zero-order chi connectivity index (χ0) is 13.0. The molecule has 4 nitrogen and oxygen atoms in total. The maximum absolute atomic E-state index is 5.99. The molecule has 2 fully saturated rings. The van der Waals surface area contributed by atoms with Crippen LogP contribution in [-0.2, 0) is 14.0 Å². The van der Waals surface area contributed by atoms with Gasteiger partial charge < -0.3 is 14.0 Å². The van der Waals surface area contributed by atoms with Crippen molar-refractivity contribution in [1.82, 2.24) is 4.98 Å². The second kappa shape index (κ2) is 4.03. The number of ether oxygens (including phenoxy) is 1. The van der Waals surface area contributed by atoms with Gasteiger partial charge in [0.05, 0.1) is 40.9 Å². The van der Waals surface area contributed by atoms with E-state index in [4.69, 9.17) is 14.0 Å². The minimum Gasteiger partial charge on any atom is -0.398 e. The first kappa shape index (κ1) is 12.6. The highest BCUT2D eigenvalue weighted by molar-refractivity contribution is 7.10. The summed E-state index contributed by atoms with van der Waals surface area (Å²) in [5.41, 5.74) is 0.280. The van der Waals surface area contributed by atoms with Gasteiger partial charge in [0.1, 0.15) is 0 Å². The Bertz CT molecular complexity index is 440. The molecule has 2 aliphatic rings. The van der Waals surface area contributed by atoms with Gasteiger partial charge in [0, 0.05) is 5.38 Å². The summed E-state index contributed by atoms with van der Waals surface area (Å²) >= 11 is 1.67. The first-order valence-corrected chi connectivity index (χ1v) is 7.16. The van der Waals surface area contributed by atoms with E-state index in [1.54, 1.807) is 11.3 Å². The van der Waals surface area contributed by atoms with Gasteiger partial charge in [0.15, 0.2) is 0 Å². The molecule has 0 amide bonds. The Kier molecular flexibility index (Phi) is 2.82. The molecular weight excluding hydrogens is 249 g/mol. The molecule has 0 unspecified atom stereocenters. The lowest BCUT2D eigenvalue weighted by atomic mass is 9.86. The van der Waals surface area contributed by atoms with Crippen molar-refractivity contribution in [2.45, 2.75) is 44.8 Å². The number of rotatable bonds is 2. The Balaban J connectivity index is 1.78. The average Bonchev–Trinajstić information content (AvgIpc) is 2.68. The summed E-state index contributed by atoms with van der Waals surface area (Å²) in [5, 5.41) is 3.17. The molecule has 98 valence electrons. The number of thiazole rings is 1. The molecule has 3 heterocycles. The van der Waals surface area contributed by atoms with E-state index in [1.165, 1.54) is 0 Å². The smallest absolute Gasteiger partial charge is 0.398 e. The average molecular weight is 267 g/mol. The largest absolute Gasteiger partial charge is 0.515 e. The number of nitrogens with zero attached hydrogens (tertiary/aromatic N) is 1. The quantitative estimate of drug-likeness (QED) is 0.762. The minimum atomic E-state index is -0.346. The van der Waals surface area contributed by atoms with Crippen LogP contribution >= 0.6 is 11.3 Å². The highest BCUT2D eigenvalue weighted by atomic mass is 32.1. The van der Waals surface area contributed by atoms with E-state index in [1.807, 2.05) is 5.38 Å². The van der Waals surface area contributed by atoms with Gasteiger partial charge >= 0.3 is 7.12 Å². The standard InChI is InChI=1S/C12H18BNO3S/c1-11(2)12(3,4)17-13(16-11)9-7-18-10(14-9)8-5-15-6-8/h7-8H,5-6H2,1-4H3. The lowest BCUT2D eigenvalue weighted by Crippen LogP contribution is -2.41. The van der Waals surface area contributed by atoms with E-state index < -0.39 is 0 Å². The van der Waals surface area contributed by atoms with Crippen LogP contribution in [0.15, 0.2) is 5.38 Å². The van der Waals surface area contributed by atoms with Crippen molar-refractivity contribution in [3.63, 3.8) is 0 Å². The molecule has 0 aromatic carbocycles. The van der Waals surface area contributed by atoms with Crippen LogP contribution in [0.1, 0.15) is 38.6 Å². The topological polar surface area (TPSA) is 40.6 Å². The van der Waals surface area contributed by atoms with E-state index in [2.05, 4.69) is 32.7 Å². The van der Waals surface area contributed by atoms with Gasteiger partial charge in [-0.2, -0.15) is 0 Å². The number of aromatic nitrogens is 1. The van der Waals surface area contributed by atoms with Gasteiger partial charge in [-0.25, -0.2) is 4.98 Å². The highest BCUT2D eigenvalue weighted by Crippen LogP contribution is 2.36. The molecule has 6 heteroatoms. The van der Waals surface area contributed by atoms with Crippen LogP contribution in [0.4, 0.5) is 0 Å². The molecule has 2 aliphatic heterocycles. The predicted octanol–water partition coefficient (Wildman–Crippen LogP) is 1.56. The van der Waals surface area contributed by atoms with Gasteiger partial charge in [-0.05, 0) is 27.7 Å². The summed E-state index contributed by atoms with van der Waals surface area (Å²) in [7, 11) is -0.346. The van der Waals surface area contributed by atoms with Crippen molar-refractivity contribution >= 4 is 24.0 Å². The van der Waals surface area contributed by atoms with Crippen LogP contribution < -0.4 is 5.59 Å². The normalized spacial score (nSPS) is 26.3. The maximum Gasteiger partial charge on any atom is 0.515 e. The minimum absolute atomic E-state index is 0.305. The summed E-state index contributed by atoms with van der Waals surface area (Å²) in [4.78, 5) is 4.63. The zero-order valence-electron chi connectivity index (χ0n) is 11.2. The third-order valence-corrected chi connectivity index (χ3v) is 5.05. The maximum atomic E-state index is 5.99. The van der Waals surface area contributed by atoms with Crippen molar-refractivity contribution in [3.05, 3.63) is 10.4 Å². The Morgan fingerprint density at radius 2 is 1.83 bits per heavy atom. The van der Waals surface area contributed by atoms with E-state index in [0.29, 0.717) is 5.92 Å². The molecule has 18 heavy (non-hydrogen) atoms. The van der Waals surface area contributed by atoms with E-state index in [0.717, 1.165) is 23.8 Å². The SMILES string of the molecule is CC1(C)OB(c2csc(C3COC3)n2)OC1(C)C. The molecule has 0 aliphatic carbocycles. The van der Waals surface area contributed by atoms with Gasteiger partial charge in [0.2, 0.25) is 0 Å². The van der Waals surface area contributed by atoms with Crippen LogP contribution in [0.2, 0.25) is 0 Å². The molecule has 2 saturated heterocycles. The van der Waals surface area contributed by atoms with Crippen LogP contribution in [0.3, 0.4) is 0 Å². The molecule has 0 N–H and O–H groups in total. The molecule has 1 aromatic rings. The van der Waals surface area contributed by atoms with Crippen molar-refractivity contribution in [2.24, 2.45) is 0 Å². The van der Waals surface area contributed by atoms with Gasteiger partial charge in [-0.15, -0.1) is 11.3 Å². The Morgan fingerprint density at radius 1 is 1.22 bits per heavy atom. The Hall–Kier alpha value is -0.425. The fourth-order valence-corrected chi connectivity index (χ4v) is 2.83. The molecule has 0 bridgehead atoms. The van der Waals surface area contributed by atoms with Crippen molar-refractivity contribution in [3.8, 4) is 0 Å². The van der Waals surface area contributed by atoms with Crippen LogP contribution in [0, 0.1) is 0 Å². The highest BCUT2D eigenvalue weighted by Gasteiger charge is 2.52. The molecule has 0 saturated carbocycles. The molecular formula is C12H18BNO3S. The number of hydrogen-bond donors (Lipinski definition) is 0. The first-order chi connectivity index (χ1) is 8.39. The zero-order valence-corrected chi connectivity index (χ0v) is 12.0.